The van der Waals surface area contributed by atoms with Gasteiger partial charge < -0.3 is 0 Å². The number of carbonyl (C=O) groups excluding carboxylic acids is 1. The van der Waals surface area contributed by atoms with Gasteiger partial charge >= 0.3 is 0 Å². The van der Waals surface area contributed by atoms with Crippen LogP contribution in [-0.2, 0) is 12.0 Å². The quantitative estimate of drug-likeness (QED) is 0.799. The Kier molecular flexibility index (Phi) is 4.78. The average Bonchev–Trinajstić information content (AvgIpc) is 3.04. The van der Waals surface area contributed by atoms with Crippen LogP contribution in [0.5, 0.6) is 0 Å². The molecule has 1 aliphatic carbocycles. The molecule has 2 aromatic rings. The smallest absolute Gasteiger partial charge is 0.184 e. The lowest BCUT2D eigenvalue weighted by molar-refractivity contribution is 0.0964. The molecule has 0 radical (unpaired) electrons. The van der Waals surface area contributed by atoms with E-state index in [4.69, 9.17) is 0 Å². The SMILES string of the molecule is CC(C)(C)c1nnnn1CC(=O)c1ccc(C2CCCCC2)cc1. The summed E-state index contributed by atoms with van der Waals surface area (Å²) in [5.41, 5.74) is 1.91. The van der Waals surface area contributed by atoms with Gasteiger partial charge in [-0.3, -0.25) is 4.79 Å². The molecule has 5 heteroatoms. The molecule has 0 amide bonds. The van der Waals surface area contributed by atoms with Gasteiger partial charge in [0.25, 0.3) is 0 Å². The zero-order valence-corrected chi connectivity index (χ0v) is 14.8. The molecule has 24 heavy (non-hydrogen) atoms. The van der Waals surface area contributed by atoms with E-state index in [0.29, 0.717) is 5.92 Å². The van der Waals surface area contributed by atoms with E-state index in [1.165, 1.54) is 37.7 Å². The summed E-state index contributed by atoms with van der Waals surface area (Å²) in [6.07, 6.45) is 6.54. The number of rotatable bonds is 4. The number of carbonyl (C=O) groups is 1. The van der Waals surface area contributed by atoms with Crippen LogP contribution in [0.15, 0.2) is 24.3 Å². The summed E-state index contributed by atoms with van der Waals surface area (Å²) in [4.78, 5) is 12.6. The van der Waals surface area contributed by atoms with Gasteiger partial charge in [-0.25, -0.2) is 4.68 Å². The van der Waals surface area contributed by atoms with Crippen molar-refractivity contribution in [1.82, 2.24) is 20.2 Å². The maximum absolute atomic E-state index is 12.6. The molecule has 128 valence electrons. The molecule has 0 atom stereocenters. The zero-order chi connectivity index (χ0) is 17.2. The fourth-order valence-corrected chi connectivity index (χ4v) is 3.45. The minimum absolute atomic E-state index is 0.0444. The van der Waals surface area contributed by atoms with E-state index in [1.807, 2.05) is 32.9 Å². The van der Waals surface area contributed by atoms with E-state index >= 15 is 0 Å². The molecule has 0 unspecified atom stereocenters. The first-order valence-electron chi connectivity index (χ1n) is 8.85. The summed E-state index contributed by atoms with van der Waals surface area (Å²) in [5.74, 6) is 1.44. The van der Waals surface area contributed by atoms with Gasteiger partial charge in [-0.2, -0.15) is 0 Å². The number of hydrogen-bond donors (Lipinski definition) is 0. The summed E-state index contributed by atoms with van der Waals surface area (Å²) in [7, 11) is 0. The minimum atomic E-state index is -0.186. The highest BCUT2D eigenvalue weighted by molar-refractivity contribution is 5.95. The van der Waals surface area contributed by atoms with E-state index in [0.717, 1.165) is 11.4 Å². The van der Waals surface area contributed by atoms with Gasteiger partial charge in [-0.1, -0.05) is 64.3 Å². The van der Waals surface area contributed by atoms with Gasteiger partial charge in [-0.15, -0.1) is 5.10 Å². The van der Waals surface area contributed by atoms with Crippen molar-refractivity contribution in [2.75, 3.05) is 0 Å². The van der Waals surface area contributed by atoms with Gasteiger partial charge in [0.15, 0.2) is 11.6 Å². The highest BCUT2D eigenvalue weighted by Crippen LogP contribution is 2.32. The van der Waals surface area contributed by atoms with E-state index in [9.17, 15) is 4.79 Å². The van der Waals surface area contributed by atoms with Gasteiger partial charge in [0.2, 0.25) is 0 Å². The number of Topliss-reactive ketones (excluding diaryl/α,β-unsaturated/α-hetero) is 1. The van der Waals surface area contributed by atoms with E-state index in [2.05, 4.69) is 27.7 Å². The third kappa shape index (κ3) is 3.71. The van der Waals surface area contributed by atoms with Crippen LogP contribution < -0.4 is 0 Å². The summed E-state index contributed by atoms with van der Waals surface area (Å²) < 4.78 is 1.61. The number of benzene rings is 1. The fourth-order valence-electron chi connectivity index (χ4n) is 3.45. The Hall–Kier alpha value is -2.04. The summed E-state index contributed by atoms with van der Waals surface area (Å²) in [5, 5.41) is 11.8. The lowest BCUT2D eigenvalue weighted by atomic mass is 9.84. The van der Waals surface area contributed by atoms with Gasteiger partial charge in [0, 0.05) is 11.0 Å². The van der Waals surface area contributed by atoms with Crippen molar-refractivity contribution in [3.63, 3.8) is 0 Å². The lowest BCUT2D eigenvalue weighted by Gasteiger charge is -2.22. The highest BCUT2D eigenvalue weighted by Gasteiger charge is 2.23. The molecule has 0 bridgehead atoms. The number of nitrogens with zero attached hydrogens (tertiary/aromatic N) is 4. The Balaban J connectivity index is 1.70. The molecule has 1 fully saturated rings. The van der Waals surface area contributed by atoms with Crippen LogP contribution in [0.25, 0.3) is 0 Å². The van der Waals surface area contributed by atoms with Crippen LogP contribution in [0, 0.1) is 0 Å². The van der Waals surface area contributed by atoms with Gasteiger partial charge in [0.05, 0.1) is 0 Å². The van der Waals surface area contributed by atoms with Crippen molar-refractivity contribution < 1.29 is 4.79 Å². The van der Waals surface area contributed by atoms with Crippen molar-refractivity contribution in [1.29, 1.82) is 0 Å². The lowest BCUT2D eigenvalue weighted by Crippen LogP contribution is -2.22. The minimum Gasteiger partial charge on any atom is -0.292 e. The first-order valence-corrected chi connectivity index (χ1v) is 8.85. The van der Waals surface area contributed by atoms with Crippen LogP contribution in [0.1, 0.15) is 80.5 Å². The number of hydrogen-bond acceptors (Lipinski definition) is 4. The number of tetrazole rings is 1. The molecular weight excluding hydrogens is 300 g/mol. The molecule has 1 aromatic heterocycles. The zero-order valence-electron chi connectivity index (χ0n) is 14.8. The molecule has 1 aliphatic rings. The average molecular weight is 326 g/mol. The highest BCUT2D eigenvalue weighted by atomic mass is 16.1. The third-order valence-electron chi connectivity index (χ3n) is 4.81. The predicted octanol–water partition coefficient (Wildman–Crippen LogP) is 3.90. The van der Waals surface area contributed by atoms with Crippen LogP contribution in [-0.4, -0.2) is 26.0 Å². The molecular formula is C19H26N4O. The first-order chi connectivity index (χ1) is 11.4. The molecule has 1 saturated carbocycles. The van der Waals surface area contributed by atoms with Crippen LogP contribution >= 0.6 is 0 Å². The van der Waals surface area contributed by atoms with Crippen molar-refractivity contribution in [3.8, 4) is 0 Å². The molecule has 0 spiro atoms. The van der Waals surface area contributed by atoms with E-state index < -0.39 is 0 Å². The third-order valence-corrected chi connectivity index (χ3v) is 4.81. The van der Waals surface area contributed by atoms with Crippen molar-refractivity contribution in [2.24, 2.45) is 0 Å². The maximum atomic E-state index is 12.6. The monoisotopic (exact) mass is 326 g/mol. The van der Waals surface area contributed by atoms with Crippen LogP contribution in [0.2, 0.25) is 0 Å². The topological polar surface area (TPSA) is 60.7 Å². The van der Waals surface area contributed by atoms with Crippen LogP contribution in [0.3, 0.4) is 0 Å². The molecule has 3 rings (SSSR count). The number of ketones is 1. The molecule has 1 aromatic carbocycles. The van der Waals surface area contributed by atoms with Crippen molar-refractivity contribution in [3.05, 3.63) is 41.2 Å². The summed E-state index contributed by atoms with van der Waals surface area (Å²) in [6.45, 7) is 6.30. The van der Waals surface area contributed by atoms with Crippen molar-refractivity contribution >= 4 is 5.78 Å². The molecule has 0 aliphatic heterocycles. The van der Waals surface area contributed by atoms with Crippen LogP contribution in [0.4, 0.5) is 0 Å². The summed E-state index contributed by atoms with van der Waals surface area (Å²) >= 11 is 0. The Morgan fingerprint density at radius 1 is 1.12 bits per heavy atom. The first kappa shape index (κ1) is 16.8. The van der Waals surface area contributed by atoms with Gasteiger partial charge in [-0.05, 0) is 34.7 Å². The van der Waals surface area contributed by atoms with E-state index in [-0.39, 0.29) is 17.7 Å². The second kappa shape index (κ2) is 6.83. The Morgan fingerprint density at radius 3 is 2.42 bits per heavy atom. The predicted molar refractivity (Wildman–Crippen MR) is 93.1 cm³/mol. The Morgan fingerprint density at radius 2 is 1.79 bits per heavy atom. The summed E-state index contributed by atoms with van der Waals surface area (Å²) in [6, 6.07) is 8.14. The van der Waals surface area contributed by atoms with E-state index in [1.54, 1.807) is 4.68 Å². The molecule has 0 saturated heterocycles. The maximum Gasteiger partial charge on any atom is 0.184 e. The largest absolute Gasteiger partial charge is 0.292 e. The second-order valence-corrected chi connectivity index (χ2v) is 7.79. The van der Waals surface area contributed by atoms with Gasteiger partial charge in [0.1, 0.15) is 6.54 Å². The Bertz CT molecular complexity index is 691. The number of aromatic nitrogens is 4. The molecule has 0 N–H and O–H groups in total. The normalized spacial score (nSPS) is 16.3. The molecule has 1 heterocycles. The fraction of sp³-hybridized carbons (Fsp3) is 0.579. The molecule has 5 nitrogen and oxygen atoms in total. The standard InChI is InChI=1S/C19H26N4O/c1-19(2,3)18-20-21-22-23(18)13-17(24)16-11-9-15(10-12-16)14-7-5-4-6-8-14/h9-12,14H,4-8,13H2,1-3H3. The second-order valence-electron chi connectivity index (χ2n) is 7.79. The van der Waals surface area contributed by atoms with Crippen molar-refractivity contribution in [2.45, 2.75) is 70.8 Å². The Labute approximate surface area is 143 Å².